The Balaban J connectivity index is 0.000000360. The first-order chi connectivity index (χ1) is 15.1. The number of methoxy groups -OCH3 is 1. The lowest BCUT2D eigenvalue weighted by atomic mass is 10.1. The van der Waals surface area contributed by atoms with Gasteiger partial charge in [0.25, 0.3) is 0 Å². The predicted molar refractivity (Wildman–Crippen MR) is 112 cm³/mol. The van der Waals surface area contributed by atoms with E-state index in [1.54, 1.807) is 13.2 Å². The summed E-state index contributed by atoms with van der Waals surface area (Å²) in [5, 5.41) is 15.1. The molecule has 0 bridgehead atoms. The number of carboxylic acid groups (broad SMARTS) is 1. The largest absolute Gasteiger partial charge is 0.496 e. The molecule has 1 aliphatic heterocycles. The average molecular weight is 516 g/mol. The van der Waals surface area contributed by atoms with E-state index >= 15 is 0 Å². The Morgan fingerprint density at radius 2 is 1.94 bits per heavy atom. The molecule has 2 N–H and O–H groups in total. The zero-order valence-electron chi connectivity index (χ0n) is 16.7. The van der Waals surface area contributed by atoms with Crippen molar-refractivity contribution in [2.45, 2.75) is 25.8 Å². The van der Waals surface area contributed by atoms with Crippen LogP contribution in [-0.4, -0.2) is 34.1 Å². The van der Waals surface area contributed by atoms with E-state index < -0.39 is 12.1 Å². The highest BCUT2D eigenvalue weighted by Crippen LogP contribution is 2.32. The topological polar surface area (TPSA) is 76.4 Å². The van der Waals surface area contributed by atoms with Gasteiger partial charge in [-0.15, -0.1) is 0 Å². The van der Waals surface area contributed by atoms with E-state index in [2.05, 4.69) is 21.2 Å². The Morgan fingerprint density at radius 1 is 1.25 bits per heavy atom. The molecule has 0 amide bonds. The van der Waals surface area contributed by atoms with E-state index in [4.69, 9.17) is 19.7 Å². The van der Waals surface area contributed by atoms with Gasteiger partial charge in [0.05, 0.1) is 29.5 Å². The second-order valence-electron chi connectivity index (χ2n) is 6.79. The fraction of sp³-hybridized carbons (Fsp3) is 0.238. The number of carboxylic acids is 1. The molecule has 0 fully saturated rings. The Bertz CT molecular complexity index is 1130. The molecule has 1 aliphatic rings. The summed E-state index contributed by atoms with van der Waals surface area (Å²) in [6.45, 7) is 2.00. The number of halogens is 5. The number of aliphatic carboxylic acids is 1. The molecule has 0 saturated carbocycles. The minimum Gasteiger partial charge on any atom is -0.496 e. The smallest absolute Gasteiger partial charge is 0.490 e. The van der Waals surface area contributed by atoms with Crippen molar-refractivity contribution in [1.82, 2.24) is 15.1 Å². The molecule has 3 aromatic rings. The number of nitrogens with zero attached hydrogens (tertiary/aromatic N) is 2. The van der Waals surface area contributed by atoms with Crippen molar-refractivity contribution in [2.24, 2.45) is 0 Å². The zero-order valence-corrected chi connectivity index (χ0v) is 18.3. The van der Waals surface area contributed by atoms with Crippen LogP contribution in [0.3, 0.4) is 0 Å². The van der Waals surface area contributed by atoms with Gasteiger partial charge in [0.15, 0.2) is 0 Å². The van der Waals surface area contributed by atoms with Gasteiger partial charge in [-0.3, -0.25) is 4.68 Å². The standard InChI is InChI=1S/C19H17BrFN3O.C2HF3O2/c1-25-18-7-6-12(8-15(18)20)11-24-19(13-4-2-3-5-16(13)21)14-9-22-10-17(14)23-24;3-2(4,5)1(6)7/h2-8,22H,9-11H2,1H3;(H,6,7). The first-order valence-electron chi connectivity index (χ1n) is 9.28. The van der Waals surface area contributed by atoms with E-state index in [9.17, 15) is 17.6 Å². The molecule has 0 unspecified atom stereocenters. The van der Waals surface area contributed by atoms with Gasteiger partial charge >= 0.3 is 12.1 Å². The van der Waals surface area contributed by atoms with Crippen molar-refractivity contribution in [3.63, 3.8) is 0 Å². The molecule has 0 radical (unpaired) electrons. The van der Waals surface area contributed by atoms with Crippen LogP contribution in [0.4, 0.5) is 17.6 Å². The number of benzene rings is 2. The van der Waals surface area contributed by atoms with Gasteiger partial charge < -0.3 is 15.2 Å². The van der Waals surface area contributed by atoms with Crippen molar-refractivity contribution in [2.75, 3.05) is 7.11 Å². The first-order valence-corrected chi connectivity index (χ1v) is 10.1. The minimum atomic E-state index is -5.08. The van der Waals surface area contributed by atoms with E-state index in [1.165, 1.54) is 6.07 Å². The van der Waals surface area contributed by atoms with E-state index in [1.807, 2.05) is 35.0 Å². The highest BCUT2D eigenvalue weighted by molar-refractivity contribution is 9.10. The first kappa shape index (κ1) is 23.7. The summed E-state index contributed by atoms with van der Waals surface area (Å²) in [5.74, 6) is -2.20. The SMILES string of the molecule is COc1ccc(Cn2nc3c(c2-c2ccccc2F)CNC3)cc1Br.O=C(O)C(F)(F)F. The molecule has 0 saturated heterocycles. The molecule has 32 heavy (non-hydrogen) atoms. The van der Waals surface area contributed by atoms with Crippen LogP contribution in [0.5, 0.6) is 5.75 Å². The number of nitrogens with one attached hydrogen (secondary N) is 1. The van der Waals surface area contributed by atoms with Gasteiger partial charge in [0.1, 0.15) is 11.6 Å². The van der Waals surface area contributed by atoms with Crippen molar-refractivity contribution in [3.05, 3.63) is 69.6 Å². The third-order valence-electron chi connectivity index (χ3n) is 4.65. The fourth-order valence-corrected chi connectivity index (χ4v) is 3.82. The fourth-order valence-electron chi connectivity index (χ4n) is 3.23. The highest BCUT2D eigenvalue weighted by atomic mass is 79.9. The Kier molecular flexibility index (Phi) is 7.19. The summed E-state index contributed by atoms with van der Waals surface area (Å²) < 4.78 is 54.2. The van der Waals surface area contributed by atoms with Crippen LogP contribution >= 0.6 is 15.9 Å². The second kappa shape index (κ2) is 9.70. The van der Waals surface area contributed by atoms with Gasteiger partial charge in [0, 0.05) is 24.2 Å². The summed E-state index contributed by atoms with van der Waals surface area (Å²) in [5.41, 5.74) is 4.58. The molecule has 6 nitrogen and oxygen atoms in total. The van der Waals surface area contributed by atoms with Crippen LogP contribution in [0.2, 0.25) is 0 Å². The number of alkyl halides is 3. The molecule has 0 aliphatic carbocycles. The van der Waals surface area contributed by atoms with Crippen molar-refractivity contribution in [3.8, 4) is 17.0 Å². The van der Waals surface area contributed by atoms with Crippen LogP contribution < -0.4 is 10.1 Å². The predicted octanol–water partition coefficient (Wildman–Crippen LogP) is 4.75. The highest BCUT2D eigenvalue weighted by Gasteiger charge is 2.38. The number of fused-ring (bicyclic) bond motifs is 1. The van der Waals surface area contributed by atoms with Gasteiger partial charge in [-0.1, -0.05) is 18.2 Å². The van der Waals surface area contributed by atoms with Crippen LogP contribution in [0, 0.1) is 5.82 Å². The summed E-state index contributed by atoms with van der Waals surface area (Å²) in [7, 11) is 1.64. The summed E-state index contributed by atoms with van der Waals surface area (Å²) >= 11 is 3.52. The minimum absolute atomic E-state index is 0.228. The van der Waals surface area contributed by atoms with Crippen LogP contribution in [-0.2, 0) is 24.4 Å². The Labute approximate surface area is 188 Å². The summed E-state index contributed by atoms with van der Waals surface area (Å²) in [4.78, 5) is 8.90. The van der Waals surface area contributed by atoms with Gasteiger partial charge in [-0.2, -0.15) is 18.3 Å². The van der Waals surface area contributed by atoms with Crippen molar-refractivity contribution >= 4 is 21.9 Å². The van der Waals surface area contributed by atoms with Gasteiger partial charge in [-0.05, 0) is 45.8 Å². The van der Waals surface area contributed by atoms with Crippen LogP contribution in [0.15, 0.2) is 46.9 Å². The van der Waals surface area contributed by atoms with E-state index in [-0.39, 0.29) is 5.82 Å². The molecule has 170 valence electrons. The number of hydrogen-bond donors (Lipinski definition) is 2. The van der Waals surface area contributed by atoms with Crippen LogP contribution in [0.25, 0.3) is 11.3 Å². The van der Waals surface area contributed by atoms with Crippen LogP contribution in [0.1, 0.15) is 16.8 Å². The lowest BCUT2D eigenvalue weighted by Gasteiger charge is -2.12. The quantitative estimate of drug-likeness (QED) is 0.490. The number of hydrogen-bond acceptors (Lipinski definition) is 4. The average Bonchev–Trinajstić information content (AvgIpc) is 3.29. The third kappa shape index (κ3) is 5.28. The summed E-state index contributed by atoms with van der Waals surface area (Å²) in [6, 6.07) is 12.8. The molecule has 11 heteroatoms. The maximum Gasteiger partial charge on any atom is 0.490 e. The maximum absolute atomic E-state index is 14.4. The molecular formula is C21H18BrF4N3O3. The molecular weight excluding hydrogens is 498 g/mol. The van der Waals surface area contributed by atoms with Crippen molar-refractivity contribution < 1.29 is 32.2 Å². The van der Waals surface area contributed by atoms with E-state index in [0.717, 1.165) is 39.3 Å². The number of aromatic nitrogens is 2. The molecule has 0 spiro atoms. The number of ether oxygens (including phenoxy) is 1. The normalized spacial score (nSPS) is 12.7. The molecule has 1 aromatic heterocycles. The Hall–Kier alpha value is -2.92. The molecule has 2 heterocycles. The second-order valence-corrected chi connectivity index (χ2v) is 7.64. The lowest BCUT2D eigenvalue weighted by molar-refractivity contribution is -0.192. The Morgan fingerprint density at radius 3 is 2.53 bits per heavy atom. The maximum atomic E-state index is 14.4. The van der Waals surface area contributed by atoms with E-state index in [0.29, 0.717) is 18.7 Å². The molecule has 0 atom stereocenters. The molecule has 4 rings (SSSR count). The van der Waals surface area contributed by atoms with Gasteiger partial charge in [0.2, 0.25) is 0 Å². The lowest BCUT2D eigenvalue weighted by Crippen LogP contribution is -2.21. The number of rotatable bonds is 4. The number of carbonyl (C=O) groups is 1. The molecule has 2 aromatic carbocycles. The summed E-state index contributed by atoms with van der Waals surface area (Å²) in [6.07, 6.45) is -5.08. The van der Waals surface area contributed by atoms with Gasteiger partial charge in [-0.25, -0.2) is 9.18 Å². The monoisotopic (exact) mass is 515 g/mol. The zero-order chi connectivity index (χ0) is 23.5. The third-order valence-corrected chi connectivity index (χ3v) is 5.27. The van der Waals surface area contributed by atoms with Crippen molar-refractivity contribution in [1.29, 1.82) is 0 Å².